The minimum atomic E-state index is -1.08. The summed E-state index contributed by atoms with van der Waals surface area (Å²) < 4.78 is 5.22. The molecule has 0 aliphatic rings. The Hall–Kier alpha value is -2.08. The third-order valence-corrected chi connectivity index (χ3v) is 5.24. The monoisotopic (exact) mass is 420 g/mol. The molecular formula is C24H40N2O4. The van der Waals surface area contributed by atoms with Gasteiger partial charge >= 0.3 is 5.97 Å². The van der Waals surface area contributed by atoms with Crippen molar-refractivity contribution in [2.45, 2.75) is 96.8 Å². The minimum Gasteiger partial charge on any atom is -0.480 e. The lowest BCUT2D eigenvalue weighted by molar-refractivity contribution is -0.139. The number of rotatable bonds is 18. The van der Waals surface area contributed by atoms with Crippen molar-refractivity contribution in [1.82, 2.24) is 0 Å². The third kappa shape index (κ3) is 11.8. The zero-order chi connectivity index (χ0) is 22.0. The van der Waals surface area contributed by atoms with E-state index in [9.17, 15) is 9.59 Å². The number of anilines is 1. The van der Waals surface area contributed by atoms with E-state index in [1.54, 1.807) is 24.3 Å². The molecule has 0 aromatic heterocycles. The van der Waals surface area contributed by atoms with Crippen LogP contribution >= 0.6 is 0 Å². The number of unbranched alkanes of at least 4 members (excludes halogenated alkanes) is 12. The molecule has 0 saturated heterocycles. The Labute approximate surface area is 181 Å². The van der Waals surface area contributed by atoms with Gasteiger partial charge in [0.15, 0.2) is 6.61 Å². The summed E-state index contributed by atoms with van der Waals surface area (Å²) in [6, 6.07) is 6.71. The van der Waals surface area contributed by atoms with E-state index in [1.165, 1.54) is 64.2 Å². The Morgan fingerprint density at radius 3 is 1.90 bits per heavy atom. The Morgan fingerprint density at radius 1 is 0.867 bits per heavy atom. The van der Waals surface area contributed by atoms with E-state index in [1.807, 2.05) is 0 Å². The quantitative estimate of drug-likeness (QED) is 0.135. The first kappa shape index (κ1) is 26.0. The van der Waals surface area contributed by atoms with Gasteiger partial charge in [-0.1, -0.05) is 96.1 Å². The lowest BCUT2D eigenvalue weighted by Gasteiger charge is -2.19. The topological polar surface area (TPSA) is 92.9 Å². The van der Waals surface area contributed by atoms with Crippen LogP contribution in [0.4, 0.5) is 5.69 Å². The maximum absolute atomic E-state index is 12.4. The Balaban J connectivity index is 2.12. The van der Waals surface area contributed by atoms with Crippen molar-refractivity contribution >= 4 is 17.6 Å². The van der Waals surface area contributed by atoms with Gasteiger partial charge in [-0.15, -0.1) is 0 Å². The summed E-state index contributed by atoms with van der Waals surface area (Å²) >= 11 is 0. The molecule has 1 amide bonds. The fourth-order valence-electron chi connectivity index (χ4n) is 3.47. The predicted octanol–water partition coefficient (Wildman–Crippen LogP) is 5.84. The summed E-state index contributed by atoms with van der Waals surface area (Å²) in [6.07, 6.45) is 16.7. The van der Waals surface area contributed by atoms with Crippen molar-refractivity contribution in [2.75, 3.05) is 11.6 Å². The van der Waals surface area contributed by atoms with Crippen LogP contribution in [0.15, 0.2) is 24.3 Å². The fourth-order valence-corrected chi connectivity index (χ4v) is 3.47. The smallest absolute Gasteiger partial charge is 0.341 e. The van der Waals surface area contributed by atoms with E-state index in [-0.39, 0.29) is 5.91 Å². The molecule has 0 aliphatic heterocycles. The summed E-state index contributed by atoms with van der Waals surface area (Å²) in [5.41, 5.74) is 0.387. The average Bonchev–Trinajstić information content (AvgIpc) is 2.75. The first-order valence-electron chi connectivity index (χ1n) is 11.6. The number of nitrogens with two attached hydrogens (primary N) is 1. The summed E-state index contributed by atoms with van der Waals surface area (Å²) in [6.45, 7) is 1.78. The molecular weight excluding hydrogens is 380 g/mol. The van der Waals surface area contributed by atoms with E-state index in [2.05, 4.69) is 6.92 Å². The molecule has 0 heterocycles. The van der Waals surface area contributed by atoms with Gasteiger partial charge in [0, 0.05) is 6.42 Å². The maximum atomic E-state index is 12.4. The van der Waals surface area contributed by atoms with Crippen molar-refractivity contribution in [3.8, 4) is 5.75 Å². The molecule has 6 nitrogen and oxygen atoms in total. The van der Waals surface area contributed by atoms with E-state index >= 15 is 0 Å². The van der Waals surface area contributed by atoms with Gasteiger partial charge in [-0.2, -0.15) is 0 Å². The highest BCUT2D eigenvalue weighted by molar-refractivity contribution is 5.93. The highest BCUT2D eigenvalue weighted by Gasteiger charge is 2.16. The molecule has 0 unspecified atom stereocenters. The summed E-state index contributed by atoms with van der Waals surface area (Å²) in [5.74, 6) is 4.97. The number of hydrogen-bond donors (Lipinski definition) is 2. The number of carbonyl (C=O) groups excluding carboxylic acids is 1. The molecule has 1 aromatic rings. The Morgan fingerprint density at radius 2 is 1.37 bits per heavy atom. The molecule has 3 N–H and O–H groups in total. The van der Waals surface area contributed by atoms with Crippen LogP contribution in [0.25, 0.3) is 0 Å². The molecule has 6 heteroatoms. The number of carbonyl (C=O) groups is 2. The molecule has 0 aliphatic carbocycles. The van der Waals surface area contributed by atoms with Crippen LogP contribution in [0.5, 0.6) is 5.75 Å². The second-order valence-electron chi connectivity index (χ2n) is 7.91. The second kappa shape index (κ2) is 16.7. The average molecular weight is 421 g/mol. The molecule has 30 heavy (non-hydrogen) atoms. The SMILES string of the molecule is CCCCCCCCCCCCCCCC(=O)N(N)c1ccccc1OCC(=O)O. The maximum Gasteiger partial charge on any atom is 0.341 e. The lowest BCUT2D eigenvalue weighted by Crippen LogP contribution is -2.37. The van der Waals surface area contributed by atoms with Crippen molar-refractivity contribution in [2.24, 2.45) is 5.84 Å². The number of benzene rings is 1. The van der Waals surface area contributed by atoms with Crippen molar-refractivity contribution < 1.29 is 19.4 Å². The largest absolute Gasteiger partial charge is 0.480 e. The van der Waals surface area contributed by atoms with Crippen LogP contribution in [0.1, 0.15) is 96.8 Å². The van der Waals surface area contributed by atoms with Crippen molar-refractivity contribution in [3.63, 3.8) is 0 Å². The van der Waals surface area contributed by atoms with Gasteiger partial charge < -0.3 is 9.84 Å². The number of carboxylic acid groups (broad SMARTS) is 1. The van der Waals surface area contributed by atoms with Crippen LogP contribution in [0.2, 0.25) is 0 Å². The van der Waals surface area contributed by atoms with Gasteiger partial charge in [-0.3, -0.25) is 4.79 Å². The molecule has 0 saturated carbocycles. The third-order valence-electron chi connectivity index (χ3n) is 5.24. The first-order valence-corrected chi connectivity index (χ1v) is 11.6. The first-order chi connectivity index (χ1) is 14.6. The number of ether oxygens (including phenoxy) is 1. The van der Waals surface area contributed by atoms with Gasteiger partial charge in [-0.05, 0) is 18.6 Å². The van der Waals surface area contributed by atoms with Gasteiger partial charge in [0.05, 0.1) is 0 Å². The molecule has 1 aromatic carbocycles. The number of hydrogen-bond acceptors (Lipinski definition) is 4. The van der Waals surface area contributed by atoms with Crippen LogP contribution in [0.3, 0.4) is 0 Å². The second-order valence-corrected chi connectivity index (χ2v) is 7.91. The normalized spacial score (nSPS) is 10.7. The number of aliphatic carboxylic acids is 1. The van der Waals surface area contributed by atoms with Crippen molar-refractivity contribution in [1.29, 1.82) is 0 Å². The van der Waals surface area contributed by atoms with E-state index in [0.717, 1.165) is 24.3 Å². The van der Waals surface area contributed by atoms with Crippen LogP contribution in [-0.2, 0) is 9.59 Å². The van der Waals surface area contributed by atoms with E-state index < -0.39 is 12.6 Å². The van der Waals surface area contributed by atoms with Crippen molar-refractivity contribution in [3.05, 3.63) is 24.3 Å². The Bertz CT molecular complexity index is 607. The lowest BCUT2D eigenvalue weighted by atomic mass is 10.0. The summed E-state index contributed by atoms with van der Waals surface area (Å²) in [4.78, 5) is 23.1. The molecule has 0 spiro atoms. The predicted molar refractivity (Wildman–Crippen MR) is 122 cm³/mol. The number of carboxylic acids is 1. The number of hydrazine groups is 1. The van der Waals surface area contributed by atoms with E-state index in [4.69, 9.17) is 15.7 Å². The Kier molecular flexibility index (Phi) is 14.4. The zero-order valence-electron chi connectivity index (χ0n) is 18.6. The minimum absolute atomic E-state index is 0.190. The number of nitrogens with zero attached hydrogens (tertiary/aromatic N) is 1. The highest BCUT2D eigenvalue weighted by Crippen LogP contribution is 2.27. The molecule has 0 atom stereocenters. The van der Waals surface area contributed by atoms with Crippen LogP contribution in [0, 0.1) is 0 Å². The van der Waals surface area contributed by atoms with Gasteiger partial charge in [0.25, 0.3) is 0 Å². The summed E-state index contributed by atoms with van der Waals surface area (Å²) in [7, 11) is 0. The molecule has 170 valence electrons. The molecule has 0 fully saturated rings. The zero-order valence-corrected chi connectivity index (χ0v) is 18.6. The van der Waals surface area contributed by atoms with Gasteiger partial charge in [0.2, 0.25) is 5.91 Å². The standard InChI is InChI=1S/C24H40N2O4/c1-2-3-4-5-6-7-8-9-10-11-12-13-14-19-23(27)26(25)21-17-15-16-18-22(21)30-20-24(28)29/h15-18H,2-14,19-20,25H2,1H3,(H,28,29). The van der Waals surface area contributed by atoms with Crippen LogP contribution in [-0.4, -0.2) is 23.6 Å². The van der Waals surface area contributed by atoms with Gasteiger partial charge in [0.1, 0.15) is 11.4 Å². The highest BCUT2D eigenvalue weighted by atomic mass is 16.5. The fraction of sp³-hybridized carbons (Fsp3) is 0.667. The van der Waals surface area contributed by atoms with Gasteiger partial charge in [-0.25, -0.2) is 15.6 Å². The van der Waals surface area contributed by atoms with E-state index in [0.29, 0.717) is 17.9 Å². The summed E-state index contributed by atoms with van der Waals surface area (Å²) in [5, 5.41) is 9.83. The molecule has 0 radical (unpaired) electrons. The number of amides is 1. The molecule has 1 rings (SSSR count). The molecule has 0 bridgehead atoms. The van der Waals surface area contributed by atoms with Crippen LogP contribution < -0.4 is 15.6 Å². The number of para-hydroxylation sites is 2.